The third-order valence-corrected chi connectivity index (χ3v) is 6.05. The summed E-state index contributed by atoms with van der Waals surface area (Å²) in [4.78, 5) is 15.0. The van der Waals surface area contributed by atoms with Crippen molar-refractivity contribution < 1.29 is 37.3 Å². The van der Waals surface area contributed by atoms with Gasteiger partial charge in [0.15, 0.2) is 11.6 Å². The van der Waals surface area contributed by atoms with Gasteiger partial charge in [-0.25, -0.2) is 4.39 Å². The van der Waals surface area contributed by atoms with E-state index < -0.39 is 29.6 Å². The number of phenols is 2. The Morgan fingerprint density at radius 1 is 1.03 bits per heavy atom. The zero-order chi connectivity index (χ0) is 27.2. The molecule has 196 valence electrons. The number of hydrogen-bond acceptors (Lipinski definition) is 6. The van der Waals surface area contributed by atoms with E-state index in [1.807, 2.05) is 24.3 Å². The van der Waals surface area contributed by atoms with Crippen molar-refractivity contribution in [3.05, 3.63) is 83.2 Å². The van der Waals surface area contributed by atoms with Crippen LogP contribution in [-0.4, -0.2) is 37.2 Å². The van der Waals surface area contributed by atoms with Crippen LogP contribution in [0, 0.1) is 5.82 Å². The van der Waals surface area contributed by atoms with Crippen molar-refractivity contribution in [2.75, 3.05) is 5.32 Å². The quantitative estimate of drug-likeness (QED) is 0.299. The third-order valence-electron chi connectivity index (χ3n) is 6.05. The maximum atomic E-state index is 14.8. The fourth-order valence-electron chi connectivity index (χ4n) is 4.34. The monoisotopic (exact) mass is 528 g/mol. The lowest BCUT2D eigenvalue weighted by atomic mass is 10.1. The van der Waals surface area contributed by atoms with Crippen LogP contribution in [-0.2, 0) is 20.1 Å². The summed E-state index contributed by atoms with van der Waals surface area (Å²) in [6.45, 7) is 0.667. The average Bonchev–Trinajstić information content (AvgIpc) is 3.42. The summed E-state index contributed by atoms with van der Waals surface area (Å²) in [6, 6.07) is 14.4. The minimum absolute atomic E-state index is 0.0210. The molecule has 4 aromatic rings. The van der Waals surface area contributed by atoms with Gasteiger partial charge in [0.25, 0.3) is 5.91 Å². The van der Waals surface area contributed by atoms with Crippen molar-refractivity contribution in [3.8, 4) is 28.5 Å². The molecule has 0 fully saturated rings. The van der Waals surface area contributed by atoms with Gasteiger partial charge < -0.3 is 25.2 Å². The molecule has 5 rings (SSSR count). The number of nitrogens with zero attached hydrogens (tertiary/aromatic N) is 3. The van der Waals surface area contributed by atoms with Crippen LogP contribution in [0.4, 0.5) is 29.1 Å². The number of phenolic OH excluding ortho intramolecular Hbond substituents is 2. The number of aromatic hydroxyl groups is 2. The number of carbonyl (C=O) groups is 1. The Labute approximate surface area is 213 Å². The van der Waals surface area contributed by atoms with E-state index in [0.717, 1.165) is 23.3 Å². The Kier molecular flexibility index (Phi) is 6.09. The van der Waals surface area contributed by atoms with E-state index >= 15 is 0 Å². The van der Waals surface area contributed by atoms with Crippen molar-refractivity contribution in [1.82, 2.24) is 14.7 Å². The second-order valence-electron chi connectivity index (χ2n) is 8.65. The van der Waals surface area contributed by atoms with Gasteiger partial charge in [-0.05, 0) is 23.3 Å². The van der Waals surface area contributed by atoms with Gasteiger partial charge in [-0.2, -0.15) is 5.10 Å². The molecule has 0 bridgehead atoms. The highest BCUT2D eigenvalue weighted by atomic mass is 19.4. The number of alkyl halides is 3. The molecule has 2 heterocycles. The Bertz CT molecular complexity index is 1530. The number of hydrogen-bond donors (Lipinski definition) is 3. The van der Waals surface area contributed by atoms with Crippen LogP contribution >= 0.6 is 0 Å². The zero-order valence-electron chi connectivity index (χ0n) is 19.8. The number of fused-ring (bicyclic) bond motifs is 1. The molecular weight excluding hydrogens is 508 g/mol. The summed E-state index contributed by atoms with van der Waals surface area (Å²) < 4.78 is 57.7. The number of anilines is 2. The largest absolute Gasteiger partial charge is 0.573 e. The van der Waals surface area contributed by atoms with Crippen molar-refractivity contribution in [1.29, 1.82) is 0 Å². The molecular formula is C26H20F4N4O4. The Hall–Kier alpha value is -4.74. The molecule has 38 heavy (non-hydrogen) atoms. The van der Waals surface area contributed by atoms with E-state index in [2.05, 4.69) is 15.2 Å². The minimum atomic E-state index is -5.08. The molecule has 0 radical (unpaired) electrons. The molecule has 1 amide bonds. The maximum absolute atomic E-state index is 14.8. The summed E-state index contributed by atoms with van der Waals surface area (Å²) >= 11 is 0. The average molecular weight is 528 g/mol. The summed E-state index contributed by atoms with van der Waals surface area (Å²) in [5.41, 5.74) is 1.62. The number of aryl methyl sites for hydroxylation is 1. The number of halogens is 4. The van der Waals surface area contributed by atoms with Crippen LogP contribution in [0.3, 0.4) is 0 Å². The second-order valence-corrected chi connectivity index (χ2v) is 8.65. The third kappa shape index (κ3) is 4.80. The predicted molar refractivity (Wildman–Crippen MR) is 128 cm³/mol. The van der Waals surface area contributed by atoms with Crippen molar-refractivity contribution in [3.63, 3.8) is 0 Å². The van der Waals surface area contributed by atoms with Crippen LogP contribution in [0.25, 0.3) is 11.3 Å². The number of aromatic nitrogens is 2. The summed E-state index contributed by atoms with van der Waals surface area (Å²) in [7, 11) is 1.49. The van der Waals surface area contributed by atoms with Gasteiger partial charge in [0.1, 0.15) is 22.9 Å². The van der Waals surface area contributed by atoms with Gasteiger partial charge >= 0.3 is 6.36 Å². The lowest BCUT2D eigenvalue weighted by Crippen LogP contribution is -2.26. The van der Waals surface area contributed by atoms with Gasteiger partial charge in [0, 0.05) is 43.9 Å². The van der Waals surface area contributed by atoms with E-state index in [4.69, 9.17) is 0 Å². The Balaban J connectivity index is 1.47. The van der Waals surface area contributed by atoms with E-state index in [1.54, 1.807) is 0 Å². The number of benzene rings is 3. The lowest BCUT2D eigenvalue weighted by molar-refractivity contribution is -0.275. The molecule has 0 aliphatic carbocycles. The van der Waals surface area contributed by atoms with Crippen molar-refractivity contribution in [2.45, 2.75) is 19.5 Å². The smallest absolute Gasteiger partial charge is 0.508 e. The molecule has 1 aromatic heterocycles. The Morgan fingerprint density at radius 3 is 2.37 bits per heavy atom. The number of nitrogens with one attached hydrogen (secondary N) is 1. The molecule has 0 unspecified atom stereocenters. The van der Waals surface area contributed by atoms with Crippen LogP contribution < -0.4 is 10.1 Å². The summed E-state index contributed by atoms with van der Waals surface area (Å²) in [5, 5.41) is 27.7. The zero-order valence-corrected chi connectivity index (χ0v) is 19.8. The molecule has 1 aliphatic rings. The number of ether oxygens (including phenoxy) is 1. The fraction of sp³-hybridized carbons (Fsp3) is 0.154. The summed E-state index contributed by atoms with van der Waals surface area (Å²) in [6.07, 6.45) is -5.08. The van der Waals surface area contributed by atoms with E-state index in [9.17, 15) is 32.6 Å². The molecule has 8 nitrogen and oxygen atoms in total. The summed E-state index contributed by atoms with van der Waals surface area (Å²) in [5.74, 6) is -3.34. The standard InChI is InChI=1S/C26H20F4N4O4/c1-33-22(11-18(32-33)17-7-4-8-21(24(17)27)38-26(28,29)30)31-19-9-16(35)10-20(36)23(19)25(37)34-12-14-5-2-3-6-15(14)13-34/h2-11,31,35-36H,12-13H2,1H3. The van der Waals surface area contributed by atoms with Crippen LogP contribution in [0.15, 0.2) is 60.7 Å². The first-order chi connectivity index (χ1) is 18.0. The first-order valence-corrected chi connectivity index (χ1v) is 11.3. The molecule has 0 saturated heterocycles. The topological polar surface area (TPSA) is 99.9 Å². The molecule has 0 spiro atoms. The maximum Gasteiger partial charge on any atom is 0.573 e. The van der Waals surface area contributed by atoms with Crippen LogP contribution in [0.5, 0.6) is 17.2 Å². The van der Waals surface area contributed by atoms with Crippen LogP contribution in [0.1, 0.15) is 21.5 Å². The van der Waals surface area contributed by atoms with E-state index in [-0.39, 0.29) is 34.1 Å². The van der Waals surface area contributed by atoms with Gasteiger partial charge in [-0.1, -0.05) is 30.3 Å². The van der Waals surface area contributed by atoms with Crippen molar-refractivity contribution >= 4 is 17.4 Å². The molecule has 1 aliphatic heterocycles. The van der Waals surface area contributed by atoms with Gasteiger partial charge in [-0.3, -0.25) is 9.48 Å². The predicted octanol–water partition coefficient (Wildman–Crippen LogP) is 5.44. The van der Waals surface area contributed by atoms with Gasteiger partial charge in [0.05, 0.1) is 11.4 Å². The minimum Gasteiger partial charge on any atom is -0.508 e. The van der Waals surface area contributed by atoms with Crippen LogP contribution in [0.2, 0.25) is 0 Å². The van der Waals surface area contributed by atoms with E-state index in [0.29, 0.717) is 13.1 Å². The first kappa shape index (κ1) is 24.9. The fourth-order valence-corrected chi connectivity index (χ4v) is 4.34. The van der Waals surface area contributed by atoms with E-state index in [1.165, 1.54) is 40.9 Å². The molecule has 3 aromatic carbocycles. The molecule has 12 heteroatoms. The highest BCUT2D eigenvalue weighted by Gasteiger charge is 2.33. The molecule has 3 N–H and O–H groups in total. The molecule has 0 saturated carbocycles. The second kappa shape index (κ2) is 9.29. The first-order valence-electron chi connectivity index (χ1n) is 11.3. The number of amides is 1. The lowest BCUT2D eigenvalue weighted by Gasteiger charge is -2.19. The number of carbonyl (C=O) groups excluding carboxylic acids is 1. The highest BCUT2D eigenvalue weighted by Crippen LogP contribution is 2.37. The van der Waals surface area contributed by atoms with Crippen molar-refractivity contribution in [2.24, 2.45) is 7.05 Å². The highest BCUT2D eigenvalue weighted by molar-refractivity contribution is 6.03. The normalized spacial score (nSPS) is 12.9. The number of rotatable bonds is 5. The molecule has 0 atom stereocenters. The van der Waals surface area contributed by atoms with Gasteiger partial charge in [-0.15, -0.1) is 13.2 Å². The Morgan fingerprint density at radius 2 is 1.71 bits per heavy atom. The SMILES string of the molecule is Cn1nc(-c2cccc(OC(F)(F)F)c2F)cc1Nc1cc(O)cc(O)c1C(=O)N1Cc2ccccc2C1. The van der Waals surface area contributed by atoms with Gasteiger partial charge in [0.2, 0.25) is 0 Å².